The Bertz CT molecular complexity index is 687. The van der Waals surface area contributed by atoms with E-state index in [-0.39, 0.29) is 0 Å². The average Bonchev–Trinajstić information content (AvgIpc) is 2.85. The third kappa shape index (κ3) is 2.46. The fourth-order valence-corrected chi connectivity index (χ4v) is 2.04. The molecule has 5 nitrogen and oxygen atoms in total. The van der Waals surface area contributed by atoms with E-state index in [0.717, 1.165) is 28.8 Å². The van der Waals surface area contributed by atoms with E-state index < -0.39 is 0 Å². The molecule has 0 bridgehead atoms. The molecule has 1 N–H and O–H groups in total. The molecule has 0 amide bonds. The summed E-state index contributed by atoms with van der Waals surface area (Å²) in [5, 5.41) is 12.1. The van der Waals surface area contributed by atoms with Crippen LogP contribution in [-0.2, 0) is 13.1 Å². The molecule has 5 heteroatoms. The minimum absolute atomic E-state index is 0.637. The number of benzene rings is 1. The molecule has 0 fully saturated rings. The molecule has 0 spiro atoms. The Kier molecular flexibility index (Phi) is 3.20. The summed E-state index contributed by atoms with van der Waals surface area (Å²) in [6.45, 7) is 3.26. The molecule has 0 radical (unpaired) electrons. The van der Waals surface area contributed by atoms with Gasteiger partial charge in [0.1, 0.15) is 11.4 Å². The number of aromatic nitrogens is 3. The van der Waals surface area contributed by atoms with Crippen LogP contribution >= 0.6 is 0 Å². The number of nitrogens with one attached hydrogen (secondary N) is 1. The van der Waals surface area contributed by atoms with E-state index in [1.54, 1.807) is 0 Å². The van der Waals surface area contributed by atoms with E-state index in [0.29, 0.717) is 6.54 Å². The molecule has 19 heavy (non-hydrogen) atoms. The molecular weight excluding hydrogens is 240 g/mol. The van der Waals surface area contributed by atoms with Crippen LogP contribution in [0.2, 0.25) is 0 Å². The Hall–Kier alpha value is -2.27. The van der Waals surface area contributed by atoms with Crippen LogP contribution in [0.4, 0.5) is 0 Å². The van der Waals surface area contributed by atoms with Crippen LogP contribution in [0, 0.1) is 6.92 Å². The number of rotatable bonds is 4. The Labute approximate surface area is 110 Å². The smallest absolute Gasteiger partial charge is 0.121 e. The van der Waals surface area contributed by atoms with Crippen molar-refractivity contribution in [1.82, 2.24) is 20.6 Å². The van der Waals surface area contributed by atoms with Crippen molar-refractivity contribution >= 4 is 10.9 Å². The Morgan fingerprint density at radius 3 is 2.84 bits per heavy atom. The van der Waals surface area contributed by atoms with Crippen molar-refractivity contribution < 1.29 is 4.63 Å². The Morgan fingerprint density at radius 1 is 1.11 bits per heavy atom. The van der Waals surface area contributed by atoms with E-state index in [1.165, 1.54) is 5.56 Å². The molecule has 0 aliphatic heterocycles. The maximum Gasteiger partial charge on any atom is 0.121 e. The van der Waals surface area contributed by atoms with Gasteiger partial charge >= 0.3 is 0 Å². The van der Waals surface area contributed by atoms with Crippen molar-refractivity contribution in [2.75, 3.05) is 0 Å². The molecule has 3 rings (SSSR count). The quantitative estimate of drug-likeness (QED) is 0.773. The summed E-state index contributed by atoms with van der Waals surface area (Å²) in [4.78, 5) is 4.43. The number of hydrogen-bond acceptors (Lipinski definition) is 5. The first kappa shape index (κ1) is 11.8. The topological polar surface area (TPSA) is 63.8 Å². The van der Waals surface area contributed by atoms with Gasteiger partial charge in [-0.05, 0) is 18.6 Å². The van der Waals surface area contributed by atoms with Gasteiger partial charge in [-0.15, -0.1) is 0 Å². The lowest BCUT2D eigenvalue weighted by atomic mass is 10.1. The van der Waals surface area contributed by atoms with Crippen LogP contribution in [0.3, 0.4) is 0 Å². The first-order valence-corrected chi connectivity index (χ1v) is 6.16. The molecule has 1 aromatic carbocycles. The minimum atomic E-state index is 0.637. The molecule has 3 aromatic rings. The molecule has 0 saturated heterocycles. The van der Waals surface area contributed by atoms with Gasteiger partial charge in [-0.25, -0.2) is 4.63 Å². The molecule has 0 unspecified atom stereocenters. The lowest BCUT2D eigenvalue weighted by Gasteiger charge is -2.06. The molecule has 2 heterocycles. The highest BCUT2D eigenvalue weighted by Gasteiger charge is 2.05. The predicted octanol–water partition coefficient (Wildman–Crippen LogP) is 2.22. The molecule has 2 aromatic heterocycles. The van der Waals surface area contributed by atoms with E-state index >= 15 is 0 Å². The minimum Gasteiger partial charge on any atom is -0.307 e. The van der Waals surface area contributed by atoms with Gasteiger partial charge < -0.3 is 5.32 Å². The summed E-state index contributed by atoms with van der Waals surface area (Å²) in [6, 6.07) is 10.2. The second kappa shape index (κ2) is 5.16. The molecule has 0 atom stereocenters. The summed E-state index contributed by atoms with van der Waals surface area (Å²) in [7, 11) is 0. The molecule has 0 saturated carbocycles. The van der Waals surface area contributed by atoms with E-state index in [4.69, 9.17) is 0 Å². The monoisotopic (exact) mass is 254 g/mol. The number of fused-ring (bicyclic) bond motifs is 1. The fourth-order valence-electron chi connectivity index (χ4n) is 2.04. The van der Waals surface area contributed by atoms with Crippen molar-refractivity contribution in [3.05, 3.63) is 53.5 Å². The Morgan fingerprint density at radius 2 is 2.00 bits per heavy atom. The standard InChI is InChI=1S/C14H14N4O/c1-10-13(18-19-17-10)9-15-8-12-5-2-4-11-6-3-7-16-14(11)12/h2-7,15H,8-9H2,1H3. The van der Waals surface area contributed by atoms with Crippen LogP contribution in [0.15, 0.2) is 41.2 Å². The molecule has 96 valence electrons. The van der Waals surface area contributed by atoms with Crippen LogP contribution in [0.25, 0.3) is 10.9 Å². The second-order valence-corrected chi connectivity index (χ2v) is 4.39. The molecule has 0 aliphatic carbocycles. The molecule has 0 aliphatic rings. The zero-order chi connectivity index (χ0) is 13.1. The van der Waals surface area contributed by atoms with Crippen molar-refractivity contribution in [2.24, 2.45) is 0 Å². The highest BCUT2D eigenvalue weighted by molar-refractivity contribution is 5.81. The van der Waals surface area contributed by atoms with Crippen LogP contribution in [0.1, 0.15) is 17.0 Å². The van der Waals surface area contributed by atoms with Gasteiger partial charge in [0.15, 0.2) is 0 Å². The number of nitrogens with zero attached hydrogens (tertiary/aromatic N) is 3. The van der Waals surface area contributed by atoms with E-state index in [9.17, 15) is 0 Å². The second-order valence-electron chi connectivity index (χ2n) is 4.39. The molecular formula is C14H14N4O. The zero-order valence-corrected chi connectivity index (χ0v) is 10.6. The van der Waals surface area contributed by atoms with Crippen molar-refractivity contribution in [2.45, 2.75) is 20.0 Å². The zero-order valence-electron chi connectivity index (χ0n) is 10.6. The number of hydrogen-bond donors (Lipinski definition) is 1. The van der Waals surface area contributed by atoms with E-state index in [1.807, 2.05) is 25.3 Å². The van der Waals surface area contributed by atoms with Crippen molar-refractivity contribution in [1.29, 1.82) is 0 Å². The van der Waals surface area contributed by atoms with E-state index in [2.05, 4.69) is 43.4 Å². The largest absolute Gasteiger partial charge is 0.307 e. The first-order chi connectivity index (χ1) is 9.34. The van der Waals surface area contributed by atoms with Gasteiger partial charge in [0.05, 0.1) is 5.52 Å². The Balaban J connectivity index is 1.74. The highest BCUT2D eigenvalue weighted by Crippen LogP contribution is 2.15. The van der Waals surface area contributed by atoms with Crippen molar-refractivity contribution in [3.63, 3.8) is 0 Å². The first-order valence-electron chi connectivity index (χ1n) is 6.16. The summed E-state index contributed by atoms with van der Waals surface area (Å²) >= 11 is 0. The SMILES string of the molecule is Cc1nonc1CNCc1cccc2cccnc12. The highest BCUT2D eigenvalue weighted by atomic mass is 16.6. The number of aryl methyl sites for hydroxylation is 1. The lowest BCUT2D eigenvalue weighted by Crippen LogP contribution is -2.14. The normalized spacial score (nSPS) is 11.0. The lowest BCUT2D eigenvalue weighted by molar-refractivity contribution is 0.300. The van der Waals surface area contributed by atoms with Crippen LogP contribution in [-0.4, -0.2) is 15.3 Å². The van der Waals surface area contributed by atoms with Gasteiger partial charge in [0.2, 0.25) is 0 Å². The van der Waals surface area contributed by atoms with Gasteiger partial charge in [0, 0.05) is 24.7 Å². The summed E-state index contributed by atoms with van der Waals surface area (Å²) in [5.74, 6) is 0. The summed E-state index contributed by atoms with van der Waals surface area (Å²) < 4.78 is 4.67. The van der Waals surface area contributed by atoms with Gasteiger partial charge in [0.25, 0.3) is 0 Å². The van der Waals surface area contributed by atoms with Crippen LogP contribution < -0.4 is 5.32 Å². The number of pyridine rings is 1. The van der Waals surface area contributed by atoms with Crippen molar-refractivity contribution in [3.8, 4) is 0 Å². The number of para-hydroxylation sites is 1. The van der Waals surface area contributed by atoms with Crippen LogP contribution in [0.5, 0.6) is 0 Å². The summed E-state index contributed by atoms with van der Waals surface area (Å²) in [6.07, 6.45) is 1.82. The van der Waals surface area contributed by atoms with Gasteiger partial charge in [-0.1, -0.05) is 34.6 Å². The van der Waals surface area contributed by atoms with Gasteiger partial charge in [-0.2, -0.15) is 0 Å². The third-order valence-corrected chi connectivity index (χ3v) is 3.07. The predicted molar refractivity (Wildman–Crippen MR) is 71.3 cm³/mol. The average molecular weight is 254 g/mol. The fraction of sp³-hybridized carbons (Fsp3) is 0.214. The maximum absolute atomic E-state index is 4.67. The van der Waals surface area contributed by atoms with Gasteiger partial charge in [-0.3, -0.25) is 4.98 Å². The third-order valence-electron chi connectivity index (χ3n) is 3.07. The summed E-state index contributed by atoms with van der Waals surface area (Å²) in [5.41, 5.74) is 3.87. The maximum atomic E-state index is 4.67.